The third-order valence-corrected chi connectivity index (χ3v) is 6.62. The number of carbonyl (C=O) groups is 1. The number of amides is 1. The fourth-order valence-electron chi connectivity index (χ4n) is 3.75. The molecule has 1 heterocycles. The van der Waals surface area contributed by atoms with Gasteiger partial charge in [-0.15, -0.1) is 0 Å². The van der Waals surface area contributed by atoms with E-state index in [-0.39, 0.29) is 5.91 Å². The number of likely N-dealkylation sites (N-methyl/N-ethyl adjacent to an activating group) is 2. The van der Waals surface area contributed by atoms with Gasteiger partial charge < -0.3 is 21.3 Å². The van der Waals surface area contributed by atoms with E-state index < -0.39 is 5.41 Å². The number of hydrazine groups is 1. The lowest BCUT2D eigenvalue weighted by molar-refractivity contribution is 0.0967. The Hall–Kier alpha value is -4.33. The van der Waals surface area contributed by atoms with E-state index in [1.165, 1.54) is 5.01 Å². The van der Waals surface area contributed by atoms with Crippen LogP contribution in [0.15, 0.2) is 66.8 Å². The molecule has 0 aliphatic carbocycles. The van der Waals surface area contributed by atoms with Crippen molar-refractivity contribution < 1.29 is 4.79 Å². The molecule has 1 aromatic heterocycles. The van der Waals surface area contributed by atoms with Gasteiger partial charge in [0, 0.05) is 61.6 Å². The van der Waals surface area contributed by atoms with Crippen molar-refractivity contribution in [2.45, 2.75) is 34.1 Å². The number of anilines is 1. The van der Waals surface area contributed by atoms with E-state index in [9.17, 15) is 10.1 Å². The van der Waals surface area contributed by atoms with Gasteiger partial charge in [-0.25, -0.2) is 5.84 Å². The molecule has 0 atom stereocenters. The van der Waals surface area contributed by atoms with Crippen LogP contribution in [0, 0.1) is 30.6 Å². The van der Waals surface area contributed by atoms with Gasteiger partial charge in [0.25, 0.3) is 5.91 Å². The summed E-state index contributed by atoms with van der Waals surface area (Å²) in [6, 6.07) is 7.60. The number of nitrogens with zero attached hydrogens (tertiary/aromatic N) is 5. The summed E-state index contributed by atoms with van der Waals surface area (Å²) in [5.74, 6) is 6.06. The molecule has 1 amide bonds. The summed E-state index contributed by atoms with van der Waals surface area (Å²) >= 11 is 0. The second-order valence-corrected chi connectivity index (χ2v) is 10.4. The molecule has 10 nitrogen and oxygen atoms in total. The van der Waals surface area contributed by atoms with Crippen molar-refractivity contribution in [1.29, 1.82) is 5.26 Å². The average Bonchev–Trinajstić information content (AvgIpc) is 3.26. The van der Waals surface area contributed by atoms with Gasteiger partial charge in [-0.2, -0.15) is 10.4 Å². The lowest BCUT2D eigenvalue weighted by atomic mass is 9.91. The van der Waals surface area contributed by atoms with Gasteiger partial charge >= 0.3 is 0 Å². The van der Waals surface area contributed by atoms with Gasteiger partial charge in [-0.1, -0.05) is 18.7 Å². The fourth-order valence-corrected chi connectivity index (χ4v) is 3.75. The van der Waals surface area contributed by atoms with E-state index in [1.807, 2.05) is 72.0 Å². The molecule has 0 aliphatic heterocycles. The fraction of sp³-hybridized carbons (Fsp3) is 0.367. The first kappa shape index (κ1) is 31.9. The summed E-state index contributed by atoms with van der Waals surface area (Å²) in [4.78, 5) is 15.5. The van der Waals surface area contributed by atoms with Crippen molar-refractivity contribution in [3.8, 4) is 6.07 Å². The van der Waals surface area contributed by atoms with Gasteiger partial charge in [0.05, 0.1) is 29.1 Å². The highest BCUT2D eigenvalue weighted by Crippen LogP contribution is 2.24. The van der Waals surface area contributed by atoms with Crippen molar-refractivity contribution in [1.82, 2.24) is 25.3 Å². The van der Waals surface area contributed by atoms with Crippen molar-refractivity contribution in [3.63, 3.8) is 0 Å². The molecule has 0 bridgehead atoms. The second-order valence-electron chi connectivity index (χ2n) is 10.4. The standard InChI is InChI=1S/C30H43N9O/c1-9-25(37(7)15-14-34-6)17-24(12-13-30(4,5)20-31)36-29(40)23-11-10-21(2)28(16-23)39(33)19-27(32)26-18-35-38(8)22(26)3/h9-12,16-19,34H,1,13-15,32-33H2,2-8H3,(H,36,40)/b24-12+,25-17+,27-19-. The number of aryl methyl sites for hydroxylation is 2. The van der Waals surface area contributed by atoms with Gasteiger partial charge in [-0.3, -0.25) is 14.5 Å². The van der Waals surface area contributed by atoms with Crippen LogP contribution >= 0.6 is 0 Å². The summed E-state index contributed by atoms with van der Waals surface area (Å²) in [5, 5.41) is 21.3. The summed E-state index contributed by atoms with van der Waals surface area (Å²) in [6.45, 7) is 13.0. The molecular formula is C30H43N9O. The van der Waals surface area contributed by atoms with Gasteiger partial charge in [0.15, 0.2) is 0 Å². The molecule has 0 aliphatic rings. The first-order chi connectivity index (χ1) is 18.8. The minimum atomic E-state index is -0.591. The number of nitriles is 1. The van der Waals surface area contributed by atoms with Crippen LogP contribution in [0.25, 0.3) is 5.70 Å². The van der Waals surface area contributed by atoms with Crippen LogP contribution in [0.2, 0.25) is 0 Å². The number of nitrogens with one attached hydrogen (secondary N) is 2. The Morgan fingerprint density at radius 3 is 2.60 bits per heavy atom. The Bertz CT molecular complexity index is 1340. The molecule has 0 saturated heterocycles. The lowest BCUT2D eigenvalue weighted by Crippen LogP contribution is -2.28. The third kappa shape index (κ3) is 8.59. The molecule has 214 valence electrons. The van der Waals surface area contributed by atoms with Crippen LogP contribution in [0.3, 0.4) is 0 Å². The molecular weight excluding hydrogens is 502 g/mol. The van der Waals surface area contributed by atoms with Crippen LogP contribution in [0.1, 0.15) is 47.4 Å². The molecule has 0 radical (unpaired) electrons. The summed E-state index contributed by atoms with van der Waals surface area (Å²) < 4.78 is 1.74. The number of aromatic nitrogens is 2. The van der Waals surface area contributed by atoms with E-state index in [4.69, 9.17) is 11.6 Å². The number of hydrogen-bond acceptors (Lipinski definition) is 8. The van der Waals surface area contributed by atoms with Crippen LogP contribution in [-0.4, -0.2) is 47.8 Å². The van der Waals surface area contributed by atoms with Crippen molar-refractivity contribution in [2.75, 3.05) is 32.2 Å². The van der Waals surface area contributed by atoms with E-state index in [0.717, 1.165) is 35.6 Å². The number of carbonyl (C=O) groups excluding carboxylic acids is 1. The number of allylic oxidation sites excluding steroid dienone is 3. The maximum absolute atomic E-state index is 13.4. The lowest BCUT2D eigenvalue weighted by Gasteiger charge is -2.21. The van der Waals surface area contributed by atoms with Crippen LogP contribution in [-0.2, 0) is 7.05 Å². The first-order valence-electron chi connectivity index (χ1n) is 13.1. The van der Waals surface area contributed by atoms with Crippen LogP contribution < -0.4 is 27.2 Å². The molecule has 2 aromatic rings. The predicted molar refractivity (Wildman–Crippen MR) is 162 cm³/mol. The Labute approximate surface area is 238 Å². The Morgan fingerprint density at radius 1 is 1.32 bits per heavy atom. The zero-order valence-electron chi connectivity index (χ0n) is 24.7. The number of hydrogen-bond donors (Lipinski definition) is 4. The normalized spacial score (nSPS) is 12.6. The largest absolute Gasteiger partial charge is 0.397 e. The monoisotopic (exact) mass is 545 g/mol. The molecule has 10 heteroatoms. The molecule has 40 heavy (non-hydrogen) atoms. The summed E-state index contributed by atoms with van der Waals surface area (Å²) in [5.41, 5.74) is 11.2. The van der Waals surface area contributed by atoms with Gasteiger partial charge in [0.2, 0.25) is 0 Å². The van der Waals surface area contributed by atoms with Gasteiger partial charge in [0.1, 0.15) is 0 Å². The molecule has 1 aromatic carbocycles. The van der Waals surface area contributed by atoms with E-state index in [2.05, 4.69) is 28.4 Å². The predicted octanol–water partition coefficient (Wildman–Crippen LogP) is 3.45. The van der Waals surface area contributed by atoms with Crippen molar-refractivity contribution >= 4 is 17.3 Å². The topological polar surface area (TPSA) is 141 Å². The second kappa shape index (κ2) is 14.2. The average molecular weight is 546 g/mol. The Morgan fingerprint density at radius 2 is 2.02 bits per heavy atom. The maximum Gasteiger partial charge on any atom is 0.255 e. The summed E-state index contributed by atoms with van der Waals surface area (Å²) in [6.07, 6.45) is 9.21. The molecule has 0 fully saturated rings. The first-order valence-corrected chi connectivity index (χ1v) is 13.1. The minimum absolute atomic E-state index is 0.312. The SMILES string of the molecule is C=C/C(=C\C(=C/CC(C)(C)C#N)NC(=O)c1ccc(C)c(N(N)/C=C(\N)c2cnn(C)c2C)c1)N(C)CCNC. The Kier molecular flexibility index (Phi) is 11.3. The third-order valence-electron chi connectivity index (χ3n) is 6.62. The zero-order valence-corrected chi connectivity index (χ0v) is 24.7. The Balaban J connectivity index is 2.39. The molecule has 0 spiro atoms. The maximum atomic E-state index is 13.4. The van der Waals surface area contributed by atoms with E-state index in [1.54, 1.807) is 35.3 Å². The molecule has 0 unspecified atom stereocenters. The van der Waals surface area contributed by atoms with E-state index >= 15 is 0 Å². The van der Waals surface area contributed by atoms with Crippen molar-refractivity contribution in [3.05, 3.63) is 89.2 Å². The van der Waals surface area contributed by atoms with Crippen LogP contribution in [0.4, 0.5) is 5.69 Å². The van der Waals surface area contributed by atoms with Crippen LogP contribution in [0.5, 0.6) is 0 Å². The number of nitrogens with two attached hydrogens (primary N) is 2. The number of benzene rings is 1. The van der Waals surface area contributed by atoms with Crippen molar-refractivity contribution in [2.24, 2.45) is 24.0 Å². The number of rotatable bonds is 13. The minimum Gasteiger partial charge on any atom is -0.397 e. The van der Waals surface area contributed by atoms with Gasteiger partial charge in [-0.05, 0) is 71.0 Å². The molecule has 6 N–H and O–H groups in total. The highest BCUT2D eigenvalue weighted by atomic mass is 16.1. The highest BCUT2D eigenvalue weighted by Gasteiger charge is 2.17. The summed E-state index contributed by atoms with van der Waals surface area (Å²) in [7, 11) is 5.69. The van der Waals surface area contributed by atoms with E-state index in [0.29, 0.717) is 29.1 Å². The smallest absolute Gasteiger partial charge is 0.255 e. The molecule has 2 rings (SSSR count). The molecule has 0 saturated carbocycles. The quantitative estimate of drug-likeness (QED) is 0.170. The highest BCUT2D eigenvalue weighted by molar-refractivity contribution is 5.96. The zero-order chi connectivity index (χ0) is 30.0.